The summed E-state index contributed by atoms with van der Waals surface area (Å²) in [7, 11) is 1.28. The summed E-state index contributed by atoms with van der Waals surface area (Å²) in [4.78, 5) is 37.2. The minimum absolute atomic E-state index is 0.0228. The lowest BCUT2D eigenvalue weighted by Gasteiger charge is -2.33. The molecule has 1 aromatic carbocycles. The van der Waals surface area contributed by atoms with E-state index in [9.17, 15) is 14.4 Å². The van der Waals surface area contributed by atoms with Crippen molar-refractivity contribution in [3.8, 4) is 5.75 Å². The third kappa shape index (κ3) is 4.71. The van der Waals surface area contributed by atoms with Gasteiger partial charge in [0.05, 0.1) is 19.2 Å². The van der Waals surface area contributed by atoms with E-state index in [-0.39, 0.29) is 24.7 Å². The Labute approximate surface area is 147 Å². The molecule has 1 unspecified atom stereocenters. The molecule has 0 aliphatic carbocycles. The number of nitrogens with one attached hydrogen (secondary N) is 1. The van der Waals surface area contributed by atoms with E-state index in [2.05, 4.69) is 17.0 Å². The Morgan fingerprint density at radius 3 is 2.76 bits per heavy atom. The van der Waals surface area contributed by atoms with Crippen LogP contribution in [0.3, 0.4) is 0 Å². The molecule has 0 fully saturated rings. The molecular weight excluding hydrogens is 324 g/mol. The molecule has 0 radical (unpaired) electrons. The van der Waals surface area contributed by atoms with Crippen LogP contribution in [0.4, 0.5) is 11.4 Å². The number of rotatable bonds is 7. The van der Waals surface area contributed by atoms with Crippen molar-refractivity contribution in [1.82, 2.24) is 0 Å². The van der Waals surface area contributed by atoms with Gasteiger partial charge in [0.15, 0.2) is 6.10 Å². The first-order chi connectivity index (χ1) is 12.0. The van der Waals surface area contributed by atoms with Crippen LogP contribution in [-0.2, 0) is 19.1 Å². The number of hydrogen-bond acceptors (Lipinski definition) is 5. The topological polar surface area (TPSA) is 84.9 Å². The molecule has 7 nitrogen and oxygen atoms in total. The maximum Gasteiger partial charge on any atom is 0.306 e. The van der Waals surface area contributed by atoms with E-state index in [0.717, 1.165) is 12.8 Å². The smallest absolute Gasteiger partial charge is 0.306 e. The first kappa shape index (κ1) is 18.8. The van der Waals surface area contributed by atoms with Gasteiger partial charge in [-0.1, -0.05) is 13.3 Å². The minimum Gasteiger partial charge on any atom is -0.479 e. The van der Waals surface area contributed by atoms with Crippen LogP contribution in [0.1, 0.15) is 39.5 Å². The van der Waals surface area contributed by atoms with E-state index in [4.69, 9.17) is 4.74 Å². The number of methoxy groups -OCH3 is 1. The SMILES string of the molecule is CCCCN1C(=O)C(C)Oc2ccc(NC(=O)CCC(=O)OC)cc21. The van der Waals surface area contributed by atoms with E-state index in [1.165, 1.54) is 7.11 Å². The quantitative estimate of drug-likeness (QED) is 0.765. The molecule has 0 saturated heterocycles. The van der Waals surface area contributed by atoms with Gasteiger partial charge in [0, 0.05) is 18.7 Å². The first-order valence-electron chi connectivity index (χ1n) is 8.45. The molecule has 2 rings (SSSR count). The lowest BCUT2D eigenvalue weighted by Crippen LogP contribution is -2.44. The second kappa shape index (κ2) is 8.50. The van der Waals surface area contributed by atoms with Gasteiger partial charge in [0.25, 0.3) is 5.91 Å². The van der Waals surface area contributed by atoms with Gasteiger partial charge < -0.3 is 19.7 Å². The molecule has 7 heteroatoms. The Morgan fingerprint density at radius 2 is 2.08 bits per heavy atom. The second-order valence-corrected chi connectivity index (χ2v) is 5.91. The van der Waals surface area contributed by atoms with E-state index < -0.39 is 12.1 Å². The standard InChI is InChI=1S/C18H24N2O5/c1-4-5-10-20-14-11-13(19-16(21)8-9-17(22)24-3)6-7-15(14)25-12(2)18(20)23/h6-7,11-12H,4-5,8-10H2,1-3H3,(H,19,21). The van der Waals surface area contributed by atoms with E-state index in [1.54, 1.807) is 30.0 Å². The Balaban J connectivity index is 2.13. The van der Waals surface area contributed by atoms with Crippen LogP contribution in [0.2, 0.25) is 0 Å². The van der Waals surface area contributed by atoms with Crippen molar-refractivity contribution in [2.45, 2.75) is 45.6 Å². The number of fused-ring (bicyclic) bond motifs is 1. The van der Waals surface area contributed by atoms with Crippen molar-refractivity contribution in [2.75, 3.05) is 23.9 Å². The third-order valence-corrected chi connectivity index (χ3v) is 3.97. The Kier molecular flexibility index (Phi) is 6.38. The average molecular weight is 348 g/mol. The average Bonchev–Trinajstić information content (AvgIpc) is 2.60. The fraction of sp³-hybridized carbons (Fsp3) is 0.500. The molecule has 1 heterocycles. The van der Waals surface area contributed by atoms with Crippen LogP contribution < -0.4 is 15.0 Å². The van der Waals surface area contributed by atoms with Crippen LogP contribution in [0.15, 0.2) is 18.2 Å². The molecule has 1 aromatic rings. The summed E-state index contributed by atoms with van der Waals surface area (Å²) in [5.74, 6) is -0.188. The van der Waals surface area contributed by atoms with Gasteiger partial charge in [-0.3, -0.25) is 14.4 Å². The number of hydrogen-bond donors (Lipinski definition) is 1. The normalized spacial score (nSPS) is 16.0. The monoisotopic (exact) mass is 348 g/mol. The maximum atomic E-state index is 12.4. The largest absolute Gasteiger partial charge is 0.479 e. The number of unbranched alkanes of at least 4 members (excludes halogenated alkanes) is 1. The van der Waals surface area contributed by atoms with Gasteiger partial charge in [-0.05, 0) is 31.5 Å². The fourth-order valence-electron chi connectivity index (χ4n) is 2.57. The van der Waals surface area contributed by atoms with Gasteiger partial charge in [-0.25, -0.2) is 0 Å². The number of anilines is 2. The Hall–Kier alpha value is -2.57. The van der Waals surface area contributed by atoms with Crippen molar-refractivity contribution < 1.29 is 23.9 Å². The molecule has 1 aliphatic rings. The maximum absolute atomic E-state index is 12.4. The molecule has 0 spiro atoms. The Morgan fingerprint density at radius 1 is 1.32 bits per heavy atom. The number of carbonyl (C=O) groups excluding carboxylic acids is 3. The number of ether oxygens (including phenoxy) is 2. The third-order valence-electron chi connectivity index (χ3n) is 3.97. The molecule has 136 valence electrons. The number of carbonyl (C=O) groups is 3. The van der Waals surface area contributed by atoms with E-state index in [0.29, 0.717) is 23.7 Å². The summed E-state index contributed by atoms with van der Waals surface area (Å²) in [5.41, 5.74) is 1.21. The summed E-state index contributed by atoms with van der Waals surface area (Å²) in [6, 6.07) is 5.19. The molecule has 0 saturated carbocycles. The predicted octanol–water partition coefficient (Wildman–Crippen LogP) is 2.49. The van der Waals surface area contributed by atoms with Crippen LogP contribution in [0.25, 0.3) is 0 Å². The first-order valence-corrected chi connectivity index (χ1v) is 8.45. The number of benzene rings is 1. The lowest BCUT2D eigenvalue weighted by atomic mass is 10.1. The highest BCUT2D eigenvalue weighted by molar-refractivity contribution is 6.01. The molecule has 0 aromatic heterocycles. The van der Waals surface area contributed by atoms with Crippen molar-refractivity contribution in [3.63, 3.8) is 0 Å². The minimum atomic E-state index is -0.523. The molecular formula is C18H24N2O5. The van der Waals surface area contributed by atoms with Crippen molar-refractivity contribution in [3.05, 3.63) is 18.2 Å². The van der Waals surface area contributed by atoms with Gasteiger partial charge in [0.2, 0.25) is 5.91 Å². The fourth-order valence-corrected chi connectivity index (χ4v) is 2.57. The summed E-state index contributed by atoms with van der Waals surface area (Å²) in [6.45, 7) is 4.40. The van der Waals surface area contributed by atoms with E-state index in [1.807, 2.05) is 0 Å². The number of nitrogens with zero attached hydrogens (tertiary/aromatic N) is 1. The summed E-state index contributed by atoms with van der Waals surface area (Å²) in [6.07, 6.45) is 1.39. The predicted molar refractivity (Wildman–Crippen MR) is 93.7 cm³/mol. The van der Waals surface area contributed by atoms with Crippen LogP contribution >= 0.6 is 0 Å². The van der Waals surface area contributed by atoms with Crippen LogP contribution in [0.5, 0.6) is 5.75 Å². The second-order valence-electron chi connectivity index (χ2n) is 5.91. The molecule has 1 N–H and O–H groups in total. The zero-order valence-corrected chi connectivity index (χ0v) is 14.8. The molecule has 1 atom stereocenters. The van der Waals surface area contributed by atoms with Crippen LogP contribution in [-0.4, -0.2) is 37.5 Å². The lowest BCUT2D eigenvalue weighted by molar-refractivity contribution is -0.141. The van der Waals surface area contributed by atoms with Gasteiger partial charge in [0.1, 0.15) is 5.75 Å². The summed E-state index contributed by atoms with van der Waals surface area (Å²) in [5, 5.41) is 2.73. The summed E-state index contributed by atoms with van der Waals surface area (Å²) >= 11 is 0. The molecule has 25 heavy (non-hydrogen) atoms. The Bertz CT molecular complexity index is 659. The van der Waals surface area contributed by atoms with Gasteiger partial charge in [-0.15, -0.1) is 0 Å². The summed E-state index contributed by atoms with van der Waals surface area (Å²) < 4.78 is 10.2. The number of amides is 2. The van der Waals surface area contributed by atoms with E-state index >= 15 is 0 Å². The van der Waals surface area contributed by atoms with Gasteiger partial charge >= 0.3 is 5.97 Å². The molecule has 0 bridgehead atoms. The molecule has 1 aliphatic heterocycles. The highest BCUT2D eigenvalue weighted by Crippen LogP contribution is 2.36. The highest BCUT2D eigenvalue weighted by Gasteiger charge is 2.31. The zero-order chi connectivity index (χ0) is 18.4. The highest BCUT2D eigenvalue weighted by atomic mass is 16.5. The van der Waals surface area contributed by atoms with Crippen molar-refractivity contribution in [1.29, 1.82) is 0 Å². The van der Waals surface area contributed by atoms with Crippen molar-refractivity contribution >= 4 is 29.2 Å². The number of esters is 1. The van der Waals surface area contributed by atoms with Crippen LogP contribution in [0, 0.1) is 0 Å². The molecule has 2 amide bonds. The van der Waals surface area contributed by atoms with Gasteiger partial charge in [-0.2, -0.15) is 0 Å². The van der Waals surface area contributed by atoms with Crippen molar-refractivity contribution in [2.24, 2.45) is 0 Å². The zero-order valence-electron chi connectivity index (χ0n) is 14.8.